The van der Waals surface area contributed by atoms with Crippen LogP contribution in [0.4, 0.5) is 0 Å². The van der Waals surface area contributed by atoms with Crippen LogP contribution in [-0.2, 0) is 0 Å². The normalized spacial score (nSPS) is 23.3. The molecule has 2 N–H and O–H groups in total. The van der Waals surface area contributed by atoms with Crippen LogP contribution in [0.1, 0.15) is 41.4 Å². The summed E-state index contributed by atoms with van der Waals surface area (Å²) >= 11 is 1.82. The van der Waals surface area contributed by atoms with Gasteiger partial charge in [-0.3, -0.25) is 0 Å². The molecule has 0 saturated carbocycles. The highest BCUT2D eigenvalue weighted by Gasteiger charge is 2.18. The maximum Gasteiger partial charge on any atom is 0.0900 e. The minimum Gasteiger partial charge on any atom is -0.315 e. The van der Waals surface area contributed by atoms with Crippen LogP contribution in [0.5, 0.6) is 0 Å². The van der Waals surface area contributed by atoms with E-state index in [1.165, 1.54) is 35.0 Å². The van der Waals surface area contributed by atoms with Crippen LogP contribution in [0, 0.1) is 13.8 Å². The van der Waals surface area contributed by atoms with Gasteiger partial charge in [0.1, 0.15) is 0 Å². The van der Waals surface area contributed by atoms with Gasteiger partial charge in [-0.25, -0.2) is 4.98 Å². The first kappa shape index (κ1) is 12.0. The Hall–Kier alpha value is -0.450. The Bertz CT molecular complexity index is 342. The van der Waals surface area contributed by atoms with Gasteiger partial charge in [0.2, 0.25) is 0 Å². The lowest BCUT2D eigenvalue weighted by molar-refractivity contribution is 0.363. The van der Waals surface area contributed by atoms with Crippen LogP contribution >= 0.6 is 11.3 Å². The van der Waals surface area contributed by atoms with Crippen molar-refractivity contribution >= 4 is 11.3 Å². The van der Waals surface area contributed by atoms with E-state index in [1.54, 1.807) is 0 Å². The molecule has 1 aromatic rings. The quantitative estimate of drug-likeness (QED) is 0.849. The molecule has 1 aliphatic rings. The maximum absolute atomic E-state index is 4.49. The molecular weight excluding hydrogens is 218 g/mol. The molecule has 0 spiro atoms. The molecule has 2 unspecified atom stereocenters. The maximum atomic E-state index is 4.49. The Morgan fingerprint density at radius 2 is 2.31 bits per heavy atom. The molecule has 2 rings (SSSR count). The molecule has 0 aliphatic carbocycles. The number of aromatic nitrogens is 1. The molecular formula is C12H21N3S. The van der Waals surface area contributed by atoms with E-state index in [2.05, 4.69) is 36.4 Å². The number of rotatable bonds is 3. The molecule has 1 aromatic heterocycles. The second-order valence-electron chi connectivity index (χ2n) is 4.61. The van der Waals surface area contributed by atoms with Crippen molar-refractivity contribution in [3.8, 4) is 0 Å². The summed E-state index contributed by atoms with van der Waals surface area (Å²) < 4.78 is 0. The van der Waals surface area contributed by atoms with Gasteiger partial charge in [-0.2, -0.15) is 0 Å². The van der Waals surface area contributed by atoms with E-state index in [-0.39, 0.29) is 0 Å². The summed E-state index contributed by atoms with van der Waals surface area (Å²) in [4.78, 5) is 5.88. The summed E-state index contributed by atoms with van der Waals surface area (Å²) in [5.74, 6) is 0. The van der Waals surface area contributed by atoms with Crippen LogP contribution in [0.3, 0.4) is 0 Å². The van der Waals surface area contributed by atoms with Gasteiger partial charge in [0, 0.05) is 23.5 Å². The van der Waals surface area contributed by atoms with Crippen molar-refractivity contribution in [3.63, 3.8) is 0 Å². The molecule has 1 fully saturated rings. The van der Waals surface area contributed by atoms with Crippen molar-refractivity contribution < 1.29 is 0 Å². The fourth-order valence-electron chi connectivity index (χ4n) is 2.37. The molecule has 16 heavy (non-hydrogen) atoms. The highest BCUT2D eigenvalue weighted by Crippen LogP contribution is 2.25. The van der Waals surface area contributed by atoms with E-state index in [0.29, 0.717) is 12.1 Å². The monoisotopic (exact) mass is 239 g/mol. The zero-order valence-electron chi connectivity index (χ0n) is 10.3. The Balaban J connectivity index is 1.96. The number of thiazole rings is 1. The molecule has 1 saturated heterocycles. The van der Waals surface area contributed by atoms with E-state index in [1.807, 2.05) is 11.3 Å². The molecule has 1 aliphatic heterocycles. The summed E-state index contributed by atoms with van der Waals surface area (Å²) in [6, 6.07) is 1.04. The zero-order valence-corrected chi connectivity index (χ0v) is 11.2. The van der Waals surface area contributed by atoms with E-state index in [4.69, 9.17) is 0 Å². The van der Waals surface area contributed by atoms with Crippen LogP contribution in [0.15, 0.2) is 0 Å². The van der Waals surface area contributed by atoms with E-state index < -0.39 is 0 Å². The second-order valence-corrected chi connectivity index (χ2v) is 5.85. The number of nitrogens with one attached hydrogen (secondary N) is 2. The van der Waals surface area contributed by atoms with Gasteiger partial charge in [0.15, 0.2) is 0 Å². The molecule has 2 heterocycles. The Morgan fingerprint density at radius 1 is 1.50 bits per heavy atom. The third-order valence-corrected chi connectivity index (χ3v) is 4.37. The summed E-state index contributed by atoms with van der Waals surface area (Å²) in [5, 5.41) is 8.30. The predicted molar refractivity (Wildman–Crippen MR) is 69.0 cm³/mol. The van der Waals surface area contributed by atoms with Crippen molar-refractivity contribution in [1.82, 2.24) is 15.6 Å². The van der Waals surface area contributed by atoms with Gasteiger partial charge < -0.3 is 10.6 Å². The van der Waals surface area contributed by atoms with Gasteiger partial charge >= 0.3 is 0 Å². The predicted octanol–water partition coefficient (Wildman–Crippen LogP) is 2.16. The Labute approximate surface area is 102 Å². The van der Waals surface area contributed by atoms with Gasteiger partial charge in [0.05, 0.1) is 10.7 Å². The molecule has 0 aromatic carbocycles. The average Bonchev–Trinajstić information content (AvgIpc) is 2.59. The molecule has 90 valence electrons. The van der Waals surface area contributed by atoms with Crippen molar-refractivity contribution in [2.45, 2.75) is 45.7 Å². The highest BCUT2D eigenvalue weighted by molar-refractivity contribution is 7.11. The first-order chi connectivity index (χ1) is 7.66. The van der Waals surface area contributed by atoms with Gasteiger partial charge in [-0.05, 0) is 40.2 Å². The third-order valence-electron chi connectivity index (χ3n) is 3.12. The molecule has 0 bridgehead atoms. The minimum atomic E-state index is 0.427. The fraction of sp³-hybridized carbons (Fsp3) is 0.750. The van der Waals surface area contributed by atoms with Crippen molar-refractivity contribution in [2.24, 2.45) is 0 Å². The Morgan fingerprint density at radius 3 is 2.88 bits per heavy atom. The van der Waals surface area contributed by atoms with E-state index in [0.717, 1.165) is 6.54 Å². The van der Waals surface area contributed by atoms with E-state index >= 15 is 0 Å². The minimum absolute atomic E-state index is 0.427. The largest absolute Gasteiger partial charge is 0.315 e. The summed E-state index contributed by atoms with van der Waals surface area (Å²) in [5.41, 5.74) is 1.19. The number of aryl methyl sites for hydroxylation is 2. The molecule has 2 atom stereocenters. The summed E-state index contributed by atoms with van der Waals surface area (Å²) in [6.07, 6.45) is 2.57. The lowest BCUT2D eigenvalue weighted by Crippen LogP contribution is -2.43. The fourth-order valence-corrected chi connectivity index (χ4v) is 3.31. The third kappa shape index (κ3) is 2.81. The smallest absolute Gasteiger partial charge is 0.0900 e. The number of hydrogen-bond acceptors (Lipinski definition) is 4. The molecule has 0 radical (unpaired) electrons. The van der Waals surface area contributed by atoms with Crippen LogP contribution in [-0.4, -0.2) is 24.1 Å². The molecule has 4 heteroatoms. The molecule has 3 nitrogen and oxygen atoms in total. The van der Waals surface area contributed by atoms with Crippen LogP contribution in [0.25, 0.3) is 0 Å². The van der Waals surface area contributed by atoms with Crippen molar-refractivity contribution in [3.05, 3.63) is 15.6 Å². The van der Waals surface area contributed by atoms with Crippen molar-refractivity contribution in [1.29, 1.82) is 0 Å². The topological polar surface area (TPSA) is 37.0 Å². The standard InChI is InChI=1S/C12H21N3S/c1-8-12(16-10(3)14-8)9(2)15-11-5-4-6-13-7-11/h9,11,13,15H,4-7H2,1-3H3. The summed E-state index contributed by atoms with van der Waals surface area (Å²) in [6.45, 7) is 8.70. The van der Waals surface area contributed by atoms with Gasteiger partial charge in [0.25, 0.3) is 0 Å². The lowest BCUT2D eigenvalue weighted by atomic mass is 10.1. The first-order valence-electron chi connectivity index (χ1n) is 6.07. The SMILES string of the molecule is Cc1nc(C)c(C(C)NC2CCCNC2)s1. The van der Waals surface area contributed by atoms with Gasteiger partial charge in [-0.15, -0.1) is 11.3 Å². The van der Waals surface area contributed by atoms with Crippen LogP contribution in [0.2, 0.25) is 0 Å². The number of nitrogens with zero attached hydrogens (tertiary/aromatic N) is 1. The number of piperidine rings is 1. The van der Waals surface area contributed by atoms with Gasteiger partial charge in [-0.1, -0.05) is 0 Å². The highest BCUT2D eigenvalue weighted by atomic mass is 32.1. The van der Waals surface area contributed by atoms with Crippen molar-refractivity contribution in [2.75, 3.05) is 13.1 Å². The number of hydrogen-bond donors (Lipinski definition) is 2. The average molecular weight is 239 g/mol. The molecule has 0 amide bonds. The van der Waals surface area contributed by atoms with Crippen LogP contribution < -0.4 is 10.6 Å². The lowest BCUT2D eigenvalue weighted by Gasteiger charge is -2.27. The zero-order chi connectivity index (χ0) is 11.5. The second kappa shape index (κ2) is 5.25. The van der Waals surface area contributed by atoms with E-state index in [9.17, 15) is 0 Å². The summed E-state index contributed by atoms with van der Waals surface area (Å²) in [7, 11) is 0. The first-order valence-corrected chi connectivity index (χ1v) is 6.89. The Kier molecular flexibility index (Phi) is 3.95.